The Balaban J connectivity index is 1.92. The van der Waals surface area contributed by atoms with Gasteiger partial charge in [-0.25, -0.2) is 15.4 Å². The quantitative estimate of drug-likeness (QED) is 0.298. The summed E-state index contributed by atoms with van der Waals surface area (Å²) in [5.74, 6) is 0.260. The van der Waals surface area contributed by atoms with Gasteiger partial charge in [0.05, 0.1) is 23.0 Å². The number of hydrogen-bond donors (Lipinski definition) is 2. The third-order valence-electron chi connectivity index (χ3n) is 3.05. The molecular weight excluding hydrogens is 420 g/mol. The van der Waals surface area contributed by atoms with Crippen LogP contribution in [0.4, 0.5) is 0 Å². The Morgan fingerprint density at radius 1 is 1.35 bits per heavy atom. The molecule has 0 unspecified atom stereocenters. The van der Waals surface area contributed by atoms with E-state index in [9.17, 15) is 9.90 Å². The highest BCUT2D eigenvalue weighted by atomic mass is 79.9. The van der Waals surface area contributed by atoms with Gasteiger partial charge in [-0.3, -0.25) is 4.79 Å². The minimum Gasteiger partial charge on any atom is -0.503 e. The molecule has 0 radical (unpaired) electrons. The van der Waals surface area contributed by atoms with E-state index < -0.39 is 0 Å². The Kier molecular flexibility index (Phi) is 7.40. The summed E-state index contributed by atoms with van der Waals surface area (Å²) in [7, 11) is 0. The number of amides is 1. The molecule has 0 aliphatic rings. The predicted octanol–water partition coefficient (Wildman–Crippen LogP) is 3.20. The first-order chi connectivity index (χ1) is 12.4. The van der Waals surface area contributed by atoms with Crippen LogP contribution < -0.4 is 10.2 Å². The van der Waals surface area contributed by atoms with Crippen molar-refractivity contribution in [2.45, 2.75) is 25.9 Å². The first-order valence-electron chi connectivity index (χ1n) is 7.81. The molecule has 2 N–H and O–H groups in total. The number of hydrogen-bond acceptors (Lipinski definition) is 7. The number of halogens is 1. The Morgan fingerprint density at radius 2 is 2.04 bits per heavy atom. The number of nitrogens with one attached hydrogen (secondary N) is 1. The van der Waals surface area contributed by atoms with Crippen LogP contribution >= 0.6 is 27.7 Å². The molecule has 26 heavy (non-hydrogen) atoms. The highest BCUT2D eigenvalue weighted by Gasteiger charge is 2.09. The van der Waals surface area contributed by atoms with Crippen LogP contribution in [0.25, 0.3) is 0 Å². The van der Waals surface area contributed by atoms with Gasteiger partial charge in [0, 0.05) is 11.4 Å². The maximum absolute atomic E-state index is 11.9. The van der Waals surface area contributed by atoms with E-state index in [2.05, 4.69) is 36.4 Å². The molecule has 138 valence electrons. The van der Waals surface area contributed by atoms with Crippen LogP contribution in [-0.2, 0) is 4.79 Å². The maximum Gasteiger partial charge on any atom is 0.250 e. The van der Waals surface area contributed by atoms with Gasteiger partial charge in [-0.1, -0.05) is 11.8 Å². The molecule has 1 aromatic carbocycles. The second-order valence-electron chi connectivity index (χ2n) is 5.30. The van der Waals surface area contributed by atoms with E-state index in [0.29, 0.717) is 27.5 Å². The lowest BCUT2D eigenvalue weighted by molar-refractivity contribution is -0.118. The molecule has 1 heterocycles. The number of aryl methyl sites for hydroxylation is 2. The average Bonchev–Trinajstić information content (AvgIpc) is 2.57. The van der Waals surface area contributed by atoms with E-state index in [-0.39, 0.29) is 17.4 Å². The van der Waals surface area contributed by atoms with Gasteiger partial charge in [0.15, 0.2) is 16.7 Å². The van der Waals surface area contributed by atoms with Crippen molar-refractivity contribution < 1.29 is 14.6 Å². The number of phenolic OH excluding ortho intramolecular Hbond substituents is 1. The van der Waals surface area contributed by atoms with Crippen LogP contribution in [0, 0.1) is 13.8 Å². The van der Waals surface area contributed by atoms with Crippen molar-refractivity contribution in [2.24, 2.45) is 5.10 Å². The smallest absolute Gasteiger partial charge is 0.250 e. The molecule has 1 aromatic heterocycles. The third-order valence-corrected chi connectivity index (χ3v) is 4.50. The van der Waals surface area contributed by atoms with Crippen molar-refractivity contribution in [3.05, 3.63) is 39.6 Å². The number of rotatable bonds is 7. The van der Waals surface area contributed by atoms with Gasteiger partial charge in [0.1, 0.15) is 0 Å². The molecular formula is C17H19BrN4O3S. The molecule has 0 aliphatic carbocycles. The molecule has 0 saturated carbocycles. The number of hydrazone groups is 1. The summed E-state index contributed by atoms with van der Waals surface area (Å²) in [6.07, 6.45) is 1.47. The number of benzene rings is 1. The van der Waals surface area contributed by atoms with E-state index in [1.807, 2.05) is 26.8 Å². The van der Waals surface area contributed by atoms with Crippen LogP contribution in [0.3, 0.4) is 0 Å². The third kappa shape index (κ3) is 5.99. The summed E-state index contributed by atoms with van der Waals surface area (Å²) in [4.78, 5) is 20.4. The minimum absolute atomic E-state index is 0.0258. The fourth-order valence-electron chi connectivity index (χ4n) is 2.03. The Morgan fingerprint density at radius 3 is 2.69 bits per heavy atom. The van der Waals surface area contributed by atoms with Crippen molar-refractivity contribution in [3.8, 4) is 11.5 Å². The molecule has 0 saturated heterocycles. The lowest BCUT2D eigenvalue weighted by Gasteiger charge is -2.08. The fourth-order valence-corrected chi connectivity index (χ4v) is 3.23. The predicted molar refractivity (Wildman–Crippen MR) is 105 cm³/mol. The minimum atomic E-state index is -0.267. The van der Waals surface area contributed by atoms with Crippen molar-refractivity contribution in [3.63, 3.8) is 0 Å². The first-order valence-corrected chi connectivity index (χ1v) is 9.59. The number of carbonyl (C=O) groups is 1. The van der Waals surface area contributed by atoms with Gasteiger partial charge in [-0.05, 0) is 60.5 Å². The summed E-state index contributed by atoms with van der Waals surface area (Å²) in [6.45, 7) is 6.02. The zero-order valence-electron chi connectivity index (χ0n) is 14.6. The zero-order valence-corrected chi connectivity index (χ0v) is 17.0. The van der Waals surface area contributed by atoms with E-state index in [1.54, 1.807) is 12.1 Å². The average molecular weight is 439 g/mol. The number of ether oxygens (including phenoxy) is 1. The molecule has 7 nitrogen and oxygen atoms in total. The highest BCUT2D eigenvalue weighted by Crippen LogP contribution is 2.35. The molecule has 9 heteroatoms. The summed E-state index contributed by atoms with van der Waals surface area (Å²) >= 11 is 4.50. The monoisotopic (exact) mass is 438 g/mol. The number of thioether (sulfide) groups is 1. The topological polar surface area (TPSA) is 96.7 Å². The SMILES string of the molecule is CCOc1cc(/C=N\NC(=O)CSc2nc(C)cc(C)n2)cc(Br)c1O. The van der Waals surface area contributed by atoms with Gasteiger partial charge >= 0.3 is 0 Å². The number of aromatic hydroxyl groups is 1. The maximum atomic E-state index is 11.9. The van der Waals surface area contributed by atoms with Gasteiger partial charge < -0.3 is 9.84 Å². The van der Waals surface area contributed by atoms with Crippen molar-refractivity contribution in [2.75, 3.05) is 12.4 Å². The van der Waals surface area contributed by atoms with Gasteiger partial charge in [-0.15, -0.1) is 0 Å². The summed E-state index contributed by atoms with van der Waals surface area (Å²) in [5.41, 5.74) is 4.85. The van der Waals surface area contributed by atoms with Crippen LogP contribution in [-0.4, -0.2) is 39.6 Å². The highest BCUT2D eigenvalue weighted by molar-refractivity contribution is 9.10. The molecule has 2 aromatic rings. The van der Waals surface area contributed by atoms with Crippen LogP contribution in [0.1, 0.15) is 23.9 Å². The second-order valence-corrected chi connectivity index (χ2v) is 7.09. The Labute approximate surface area is 164 Å². The fraction of sp³-hybridized carbons (Fsp3) is 0.294. The standard InChI is InChI=1S/C17H19BrN4O3S/c1-4-25-14-7-12(6-13(18)16(14)24)8-19-22-15(23)9-26-17-20-10(2)5-11(3)21-17/h5-8,24H,4,9H2,1-3H3,(H,22,23)/b19-8-. The number of carbonyl (C=O) groups excluding carboxylic acids is 1. The molecule has 1 amide bonds. The Bertz CT molecular complexity index is 810. The van der Waals surface area contributed by atoms with Crippen molar-refractivity contribution in [1.29, 1.82) is 0 Å². The number of phenols is 1. The number of nitrogens with zero attached hydrogens (tertiary/aromatic N) is 3. The van der Waals surface area contributed by atoms with Crippen LogP contribution in [0.2, 0.25) is 0 Å². The normalized spacial score (nSPS) is 10.9. The molecule has 0 aliphatic heterocycles. The van der Waals surface area contributed by atoms with Gasteiger partial charge in [-0.2, -0.15) is 5.10 Å². The van der Waals surface area contributed by atoms with Crippen molar-refractivity contribution in [1.82, 2.24) is 15.4 Å². The molecule has 0 bridgehead atoms. The summed E-state index contributed by atoms with van der Waals surface area (Å²) in [6, 6.07) is 5.18. The number of aromatic nitrogens is 2. The first kappa shape index (κ1) is 20.2. The lowest BCUT2D eigenvalue weighted by atomic mass is 10.2. The summed E-state index contributed by atoms with van der Waals surface area (Å²) < 4.78 is 5.83. The second kappa shape index (κ2) is 9.54. The van der Waals surface area contributed by atoms with Gasteiger partial charge in [0.2, 0.25) is 0 Å². The van der Waals surface area contributed by atoms with Crippen LogP contribution in [0.5, 0.6) is 11.5 Å². The van der Waals surface area contributed by atoms with Gasteiger partial charge in [0.25, 0.3) is 5.91 Å². The molecule has 0 atom stereocenters. The van der Waals surface area contributed by atoms with E-state index in [1.165, 1.54) is 18.0 Å². The lowest BCUT2D eigenvalue weighted by Crippen LogP contribution is -2.19. The van der Waals surface area contributed by atoms with E-state index in [4.69, 9.17) is 4.74 Å². The van der Waals surface area contributed by atoms with E-state index in [0.717, 1.165) is 11.4 Å². The van der Waals surface area contributed by atoms with Crippen LogP contribution in [0.15, 0.2) is 32.9 Å². The van der Waals surface area contributed by atoms with E-state index >= 15 is 0 Å². The molecule has 0 fully saturated rings. The zero-order chi connectivity index (χ0) is 19.1. The molecule has 0 spiro atoms. The molecule has 2 rings (SSSR count). The Hall–Kier alpha value is -2.13. The largest absolute Gasteiger partial charge is 0.503 e. The van der Waals surface area contributed by atoms with Crippen molar-refractivity contribution >= 4 is 39.8 Å². The summed E-state index contributed by atoms with van der Waals surface area (Å²) in [5, 5.41) is 14.4.